The van der Waals surface area contributed by atoms with Gasteiger partial charge in [-0.2, -0.15) is 0 Å². The highest BCUT2D eigenvalue weighted by Gasteiger charge is 2.42. The van der Waals surface area contributed by atoms with E-state index < -0.39 is 11.9 Å². The Hall–Kier alpha value is -2.19. The largest absolute Gasteiger partial charge is 0.356 e. The number of nitrogens with zero attached hydrogens (tertiary/aromatic N) is 2. The lowest BCUT2D eigenvalue weighted by molar-refractivity contribution is -0.131. The van der Waals surface area contributed by atoms with E-state index in [9.17, 15) is 14.4 Å². The highest BCUT2D eigenvalue weighted by molar-refractivity contribution is 7.80. The minimum absolute atomic E-state index is 0.0992. The van der Waals surface area contributed by atoms with Gasteiger partial charge in [-0.25, -0.2) is 5.01 Å². The number of carbonyl (C=O) groups is 3. The molecule has 2 rings (SSSR count). The van der Waals surface area contributed by atoms with E-state index in [4.69, 9.17) is 23.8 Å². The minimum Gasteiger partial charge on any atom is -0.356 e. The fourth-order valence-corrected chi connectivity index (χ4v) is 2.64. The van der Waals surface area contributed by atoms with Crippen LogP contribution in [0.4, 0.5) is 0 Å². The quantitative estimate of drug-likeness (QED) is 0.756. The van der Waals surface area contributed by atoms with Crippen LogP contribution in [0, 0.1) is 0 Å². The zero-order chi connectivity index (χ0) is 17.9. The van der Waals surface area contributed by atoms with E-state index in [1.807, 2.05) is 0 Å². The lowest BCUT2D eigenvalue weighted by Gasteiger charge is -2.23. The Morgan fingerprint density at radius 1 is 1.29 bits per heavy atom. The molecule has 0 saturated carbocycles. The number of nitrogens with one attached hydrogen (secondary N) is 2. The zero-order valence-corrected chi connectivity index (χ0v) is 14.8. The van der Waals surface area contributed by atoms with Crippen LogP contribution < -0.4 is 10.7 Å². The second kappa shape index (κ2) is 7.59. The second-order valence-corrected chi connectivity index (χ2v) is 5.97. The molecular weight excluding hydrogens is 352 g/mol. The van der Waals surface area contributed by atoms with E-state index in [1.165, 1.54) is 17.0 Å². The molecule has 1 aromatic rings. The molecule has 0 aliphatic carbocycles. The van der Waals surface area contributed by atoms with Crippen LogP contribution in [0.5, 0.6) is 0 Å². The summed E-state index contributed by atoms with van der Waals surface area (Å²) in [4.78, 5) is 37.7. The SMILES string of the molecule is CCNC(=O)C[C@H]1C(=O)N(C)C(=S)N1NC(=O)c1ccc(Cl)cc1. The van der Waals surface area contributed by atoms with E-state index in [-0.39, 0.29) is 23.3 Å². The first-order chi connectivity index (χ1) is 11.3. The van der Waals surface area contributed by atoms with Crippen LogP contribution in [-0.2, 0) is 9.59 Å². The summed E-state index contributed by atoms with van der Waals surface area (Å²) in [7, 11) is 1.50. The number of thiocarbonyl (C=S) groups is 1. The molecule has 2 N–H and O–H groups in total. The maximum absolute atomic E-state index is 12.3. The van der Waals surface area contributed by atoms with Crippen molar-refractivity contribution in [2.75, 3.05) is 13.6 Å². The number of amides is 3. The van der Waals surface area contributed by atoms with Crippen molar-refractivity contribution in [3.63, 3.8) is 0 Å². The summed E-state index contributed by atoms with van der Waals surface area (Å²) in [5.74, 6) is -1.08. The Bertz CT molecular complexity index is 680. The number of hydrogen-bond acceptors (Lipinski definition) is 4. The van der Waals surface area contributed by atoms with Crippen LogP contribution in [0.2, 0.25) is 5.02 Å². The molecule has 1 aliphatic rings. The predicted molar refractivity (Wildman–Crippen MR) is 93.2 cm³/mol. The van der Waals surface area contributed by atoms with Gasteiger partial charge in [0.15, 0.2) is 5.11 Å². The summed E-state index contributed by atoms with van der Waals surface area (Å²) in [5.41, 5.74) is 2.95. The number of rotatable bonds is 5. The minimum atomic E-state index is -0.870. The molecule has 0 bridgehead atoms. The number of benzene rings is 1. The molecule has 128 valence electrons. The Balaban J connectivity index is 2.16. The Labute approximate surface area is 149 Å². The number of halogens is 1. The molecule has 0 aromatic heterocycles. The fourth-order valence-electron chi connectivity index (χ4n) is 2.25. The van der Waals surface area contributed by atoms with Gasteiger partial charge < -0.3 is 5.32 Å². The highest BCUT2D eigenvalue weighted by atomic mass is 35.5. The monoisotopic (exact) mass is 368 g/mol. The first-order valence-corrected chi connectivity index (χ1v) is 8.07. The number of carbonyl (C=O) groups excluding carboxylic acids is 3. The highest BCUT2D eigenvalue weighted by Crippen LogP contribution is 2.18. The van der Waals surface area contributed by atoms with Gasteiger partial charge in [-0.3, -0.25) is 24.7 Å². The third kappa shape index (κ3) is 3.82. The lowest BCUT2D eigenvalue weighted by Crippen LogP contribution is -2.50. The molecule has 9 heteroatoms. The Kier molecular flexibility index (Phi) is 5.74. The van der Waals surface area contributed by atoms with Crippen LogP contribution in [0.15, 0.2) is 24.3 Å². The van der Waals surface area contributed by atoms with Gasteiger partial charge in [-0.1, -0.05) is 11.6 Å². The van der Waals surface area contributed by atoms with Gasteiger partial charge in [-0.05, 0) is 43.4 Å². The van der Waals surface area contributed by atoms with E-state index in [1.54, 1.807) is 31.2 Å². The maximum atomic E-state index is 12.3. The number of likely N-dealkylation sites (N-methyl/N-ethyl adjacent to an activating group) is 1. The molecule has 1 fully saturated rings. The van der Waals surface area contributed by atoms with Crippen molar-refractivity contribution in [1.82, 2.24) is 20.7 Å². The molecule has 1 aromatic carbocycles. The molecule has 1 atom stereocenters. The van der Waals surface area contributed by atoms with Crippen LogP contribution in [0.25, 0.3) is 0 Å². The fraction of sp³-hybridized carbons (Fsp3) is 0.333. The van der Waals surface area contributed by atoms with E-state index >= 15 is 0 Å². The van der Waals surface area contributed by atoms with Gasteiger partial charge in [0.1, 0.15) is 6.04 Å². The van der Waals surface area contributed by atoms with E-state index in [0.717, 1.165) is 0 Å². The first kappa shape index (κ1) is 18.2. The third-order valence-electron chi connectivity index (χ3n) is 3.50. The molecule has 0 spiro atoms. The number of hydrogen-bond donors (Lipinski definition) is 2. The molecular formula is C15H17ClN4O3S. The Morgan fingerprint density at radius 2 is 1.92 bits per heavy atom. The van der Waals surface area contributed by atoms with E-state index in [0.29, 0.717) is 17.1 Å². The van der Waals surface area contributed by atoms with Gasteiger partial charge in [0.2, 0.25) is 5.91 Å². The standard InChI is InChI=1S/C15H17ClN4O3S/c1-3-17-12(21)8-11-14(23)19(2)15(24)20(11)18-13(22)9-4-6-10(16)7-5-9/h4-7,11H,3,8H2,1-2H3,(H,17,21)(H,18,22)/t11-/m0/s1. The van der Waals surface area contributed by atoms with Crippen molar-refractivity contribution >= 4 is 46.7 Å². The van der Waals surface area contributed by atoms with Gasteiger partial charge in [0, 0.05) is 24.2 Å². The molecule has 7 nitrogen and oxygen atoms in total. The predicted octanol–water partition coefficient (Wildman–Crippen LogP) is 0.939. The van der Waals surface area contributed by atoms with Crippen molar-refractivity contribution in [2.45, 2.75) is 19.4 Å². The van der Waals surface area contributed by atoms with Gasteiger partial charge in [0.05, 0.1) is 6.42 Å². The number of hydrazine groups is 1. The second-order valence-electron chi connectivity index (χ2n) is 5.17. The molecule has 1 saturated heterocycles. The zero-order valence-electron chi connectivity index (χ0n) is 13.2. The van der Waals surface area contributed by atoms with Crippen molar-refractivity contribution in [1.29, 1.82) is 0 Å². The van der Waals surface area contributed by atoms with Crippen LogP contribution in [-0.4, -0.2) is 52.4 Å². The smallest absolute Gasteiger partial charge is 0.269 e. The van der Waals surface area contributed by atoms with Crippen molar-refractivity contribution < 1.29 is 14.4 Å². The van der Waals surface area contributed by atoms with Crippen molar-refractivity contribution in [2.24, 2.45) is 0 Å². The van der Waals surface area contributed by atoms with E-state index in [2.05, 4.69) is 10.7 Å². The molecule has 24 heavy (non-hydrogen) atoms. The average Bonchev–Trinajstić information content (AvgIpc) is 2.74. The third-order valence-corrected chi connectivity index (χ3v) is 4.22. The van der Waals surface area contributed by atoms with Crippen molar-refractivity contribution in [3.05, 3.63) is 34.9 Å². The maximum Gasteiger partial charge on any atom is 0.269 e. The average molecular weight is 369 g/mol. The molecule has 0 radical (unpaired) electrons. The normalized spacial score (nSPS) is 17.2. The molecule has 3 amide bonds. The summed E-state index contributed by atoms with van der Waals surface area (Å²) < 4.78 is 0. The van der Waals surface area contributed by atoms with Gasteiger partial charge in [-0.15, -0.1) is 0 Å². The van der Waals surface area contributed by atoms with Gasteiger partial charge in [0.25, 0.3) is 11.8 Å². The van der Waals surface area contributed by atoms with Crippen LogP contribution >= 0.6 is 23.8 Å². The molecule has 1 aliphatic heterocycles. The summed E-state index contributed by atoms with van der Waals surface area (Å²) in [6.45, 7) is 2.24. The summed E-state index contributed by atoms with van der Waals surface area (Å²) >= 11 is 11.0. The lowest BCUT2D eigenvalue weighted by atomic mass is 10.2. The summed E-state index contributed by atoms with van der Waals surface area (Å²) in [6, 6.07) is 5.41. The topological polar surface area (TPSA) is 81.8 Å². The van der Waals surface area contributed by atoms with Crippen molar-refractivity contribution in [3.8, 4) is 0 Å². The van der Waals surface area contributed by atoms with Gasteiger partial charge >= 0.3 is 0 Å². The summed E-state index contributed by atoms with van der Waals surface area (Å²) in [5, 5.41) is 4.52. The molecule has 1 heterocycles. The van der Waals surface area contributed by atoms with Crippen LogP contribution in [0.1, 0.15) is 23.7 Å². The molecule has 0 unspecified atom stereocenters. The summed E-state index contributed by atoms with van der Waals surface area (Å²) in [6.07, 6.45) is -0.0992. The first-order valence-electron chi connectivity index (χ1n) is 7.29. The van der Waals surface area contributed by atoms with Crippen LogP contribution in [0.3, 0.4) is 0 Å². The Morgan fingerprint density at radius 3 is 2.50 bits per heavy atom.